The minimum Gasteiger partial charge on any atom is -0.467 e. The fourth-order valence-corrected chi connectivity index (χ4v) is 1.81. The van der Waals surface area contributed by atoms with E-state index in [0.717, 1.165) is 0 Å². The van der Waals surface area contributed by atoms with Crippen molar-refractivity contribution < 1.29 is 18.5 Å². The maximum absolute atomic E-state index is 12.1. The molecular weight excluding hydrogens is 272 g/mol. The molecule has 6 heteroatoms. The SMILES string of the molecule is Cc1cc(C(=O)N[C@@H](COCC(C)C)c2ccco2)no1. The molecule has 0 saturated heterocycles. The molecule has 0 bridgehead atoms. The van der Waals surface area contributed by atoms with Crippen LogP contribution in [0, 0.1) is 12.8 Å². The number of ether oxygens (including phenoxy) is 1. The number of hydrogen-bond acceptors (Lipinski definition) is 5. The first-order valence-corrected chi connectivity index (χ1v) is 6.91. The summed E-state index contributed by atoms with van der Waals surface area (Å²) in [6, 6.07) is 4.81. The quantitative estimate of drug-likeness (QED) is 0.849. The molecule has 1 atom stereocenters. The molecule has 6 nitrogen and oxygen atoms in total. The maximum Gasteiger partial charge on any atom is 0.274 e. The molecule has 2 heterocycles. The van der Waals surface area contributed by atoms with Gasteiger partial charge in [-0.15, -0.1) is 0 Å². The van der Waals surface area contributed by atoms with Crippen molar-refractivity contribution in [1.82, 2.24) is 10.5 Å². The van der Waals surface area contributed by atoms with Crippen LogP contribution in [0.25, 0.3) is 0 Å². The molecule has 0 aromatic carbocycles. The standard InChI is InChI=1S/C15H20N2O4/c1-10(2)8-19-9-13(14-5-4-6-20-14)16-15(18)12-7-11(3)21-17-12/h4-7,10,13H,8-9H2,1-3H3,(H,16,18)/t13-/m0/s1. The van der Waals surface area contributed by atoms with Crippen LogP contribution in [-0.4, -0.2) is 24.3 Å². The Balaban J connectivity index is 2.00. The fraction of sp³-hybridized carbons (Fsp3) is 0.467. The van der Waals surface area contributed by atoms with Crippen LogP contribution >= 0.6 is 0 Å². The van der Waals surface area contributed by atoms with Gasteiger partial charge in [0.2, 0.25) is 0 Å². The highest BCUT2D eigenvalue weighted by Gasteiger charge is 2.20. The van der Waals surface area contributed by atoms with Crippen molar-refractivity contribution in [2.45, 2.75) is 26.8 Å². The monoisotopic (exact) mass is 292 g/mol. The zero-order valence-corrected chi connectivity index (χ0v) is 12.5. The van der Waals surface area contributed by atoms with Crippen LogP contribution < -0.4 is 5.32 Å². The second-order valence-electron chi connectivity index (χ2n) is 5.30. The fourth-order valence-electron chi connectivity index (χ4n) is 1.81. The molecule has 0 aliphatic heterocycles. The molecule has 2 aromatic rings. The zero-order chi connectivity index (χ0) is 15.2. The van der Waals surface area contributed by atoms with Gasteiger partial charge in [-0.3, -0.25) is 4.79 Å². The third-order valence-electron chi connectivity index (χ3n) is 2.79. The Morgan fingerprint density at radius 2 is 2.24 bits per heavy atom. The first-order valence-electron chi connectivity index (χ1n) is 6.91. The lowest BCUT2D eigenvalue weighted by atomic mass is 10.2. The van der Waals surface area contributed by atoms with Crippen molar-refractivity contribution in [1.29, 1.82) is 0 Å². The highest BCUT2D eigenvalue weighted by molar-refractivity contribution is 5.92. The average molecular weight is 292 g/mol. The second kappa shape index (κ2) is 7.08. The summed E-state index contributed by atoms with van der Waals surface area (Å²) in [5, 5.41) is 6.54. The highest BCUT2D eigenvalue weighted by Crippen LogP contribution is 2.15. The number of rotatable bonds is 7. The second-order valence-corrected chi connectivity index (χ2v) is 5.30. The number of nitrogens with one attached hydrogen (secondary N) is 1. The predicted molar refractivity (Wildman–Crippen MR) is 75.8 cm³/mol. The number of amides is 1. The van der Waals surface area contributed by atoms with Gasteiger partial charge in [-0.2, -0.15) is 0 Å². The van der Waals surface area contributed by atoms with Gasteiger partial charge in [0.15, 0.2) is 5.69 Å². The minimum absolute atomic E-state index is 0.243. The topological polar surface area (TPSA) is 77.5 Å². The normalized spacial score (nSPS) is 12.6. The van der Waals surface area contributed by atoms with Gasteiger partial charge in [-0.05, 0) is 25.0 Å². The summed E-state index contributed by atoms with van der Waals surface area (Å²) < 4.78 is 15.9. The van der Waals surface area contributed by atoms with Crippen LogP contribution in [0.15, 0.2) is 33.4 Å². The largest absolute Gasteiger partial charge is 0.467 e. The van der Waals surface area contributed by atoms with E-state index in [4.69, 9.17) is 13.7 Å². The number of furan rings is 1. The Morgan fingerprint density at radius 1 is 1.43 bits per heavy atom. The molecule has 0 saturated carbocycles. The molecule has 0 spiro atoms. The molecule has 0 fully saturated rings. The summed E-state index contributed by atoms with van der Waals surface area (Å²) in [5.74, 6) is 1.34. The Bertz CT molecular complexity index is 560. The van der Waals surface area contributed by atoms with Gasteiger partial charge < -0.3 is 19.0 Å². The smallest absolute Gasteiger partial charge is 0.274 e. The summed E-state index contributed by atoms with van der Waals surface area (Å²) in [7, 11) is 0. The van der Waals surface area contributed by atoms with E-state index in [0.29, 0.717) is 30.7 Å². The van der Waals surface area contributed by atoms with Crippen molar-refractivity contribution in [2.75, 3.05) is 13.2 Å². The number of hydrogen-bond donors (Lipinski definition) is 1. The minimum atomic E-state index is -0.358. The van der Waals surface area contributed by atoms with Gasteiger partial charge in [0.25, 0.3) is 5.91 Å². The van der Waals surface area contributed by atoms with Crippen LogP contribution in [0.4, 0.5) is 0 Å². The number of nitrogens with zero attached hydrogens (tertiary/aromatic N) is 1. The van der Waals surface area contributed by atoms with E-state index in [-0.39, 0.29) is 17.6 Å². The van der Waals surface area contributed by atoms with Gasteiger partial charge in [-0.1, -0.05) is 19.0 Å². The summed E-state index contributed by atoms with van der Waals surface area (Å²) >= 11 is 0. The Hall–Kier alpha value is -2.08. The zero-order valence-electron chi connectivity index (χ0n) is 12.5. The van der Waals surface area contributed by atoms with Gasteiger partial charge in [-0.25, -0.2) is 0 Å². The van der Waals surface area contributed by atoms with E-state index in [9.17, 15) is 4.79 Å². The van der Waals surface area contributed by atoms with E-state index in [1.165, 1.54) is 0 Å². The van der Waals surface area contributed by atoms with E-state index in [2.05, 4.69) is 24.3 Å². The molecular formula is C15H20N2O4. The molecule has 2 aromatic heterocycles. The van der Waals surface area contributed by atoms with Crippen molar-refractivity contribution in [2.24, 2.45) is 5.92 Å². The molecule has 0 aliphatic rings. The summed E-state index contributed by atoms with van der Waals surface area (Å²) in [6.45, 7) is 6.83. The number of aryl methyl sites for hydroxylation is 1. The molecule has 0 radical (unpaired) electrons. The highest BCUT2D eigenvalue weighted by atomic mass is 16.5. The van der Waals surface area contributed by atoms with Crippen LogP contribution in [0.3, 0.4) is 0 Å². The van der Waals surface area contributed by atoms with Crippen molar-refractivity contribution in [3.8, 4) is 0 Å². The molecule has 114 valence electrons. The molecule has 21 heavy (non-hydrogen) atoms. The van der Waals surface area contributed by atoms with Crippen LogP contribution in [0.2, 0.25) is 0 Å². The Morgan fingerprint density at radius 3 is 2.81 bits per heavy atom. The van der Waals surface area contributed by atoms with Crippen molar-refractivity contribution >= 4 is 5.91 Å². The van der Waals surface area contributed by atoms with Crippen LogP contribution in [-0.2, 0) is 4.74 Å². The van der Waals surface area contributed by atoms with E-state index in [1.54, 1.807) is 31.4 Å². The van der Waals surface area contributed by atoms with E-state index in [1.807, 2.05) is 0 Å². The third-order valence-corrected chi connectivity index (χ3v) is 2.79. The Labute approximate surface area is 123 Å². The third kappa shape index (κ3) is 4.46. The van der Waals surface area contributed by atoms with Gasteiger partial charge in [0.1, 0.15) is 17.6 Å². The molecule has 0 aliphatic carbocycles. The lowest BCUT2D eigenvalue weighted by Crippen LogP contribution is -2.32. The lowest BCUT2D eigenvalue weighted by Gasteiger charge is -2.17. The van der Waals surface area contributed by atoms with Gasteiger partial charge >= 0.3 is 0 Å². The Kier molecular flexibility index (Phi) is 5.16. The first kappa shape index (κ1) is 15.3. The number of carbonyl (C=O) groups is 1. The number of carbonyl (C=O) groups excluding carboxylic acids is 1. The van der Waals surface area contributed by atoms with Crippen molar-refractivity contribution in [3.63, 3.8) is 0 Å². The van der Waals surface area contributed by atoms with Gasteiger partial charge in [0, 0.05) is 12.7 Å². The van der Waals surface area contributed by atoms with E-state index < -0.39 is 0 Å². The molecule has 0 unspecified atom stereocenters. The molecule has 1 amide bonds. The summed E-state index contributed by atoms with van der Waals surface area (Å²) in [4.78, 5) is 12.1. The first-order chi connectivity index (χ1) is 10.1. The lowest BCUT2D eigenvalue weighted by molar-refractivity contribution is 0.0725. The van der Waals surface area contributed by atoms with E-state index >= 15 is 0 Å². The summed E-state index contributed by atoms with van der Waals surface area (Å²) in [6.07, 6.45) is 1.57. The average Bonchev–Trinajstić information content (AvgIpc) is 3.08. The predicted octanol–water partition coefficient (Wildman–Crippen LogP) is 2.72. The number of aromatic nitrogens is 1. The molecule has 1 N–H and O–H groups in total. The van der Waals surface area contributed by atoms with Gasteiger partial charge in [0.05, 0.1) is 12.9 Å². The van der Waals surface area contributed by atoms with Crippen molar-refractivity contribution in [3.05, 3.63) is 41.7 Å². The maximum atomic E-state index is 12.1. The summed E-state index contributed by atoms with van der Waals surface area (Å²) in [5.41, 5.74) is 0.243. The van der Waals surface area contributed by atoms with Crippen LogP contribution in [0.1, 0.15) is 41.9 Å². The van der Waals surface area contributed by atoms with Crippen LogP contribution in [0.5, 0.6) is 0 Å². The molecule has 2 rings (SSSR count).